The number of benzene rings is 2. The topological polar surface area (TPSA) is 83.8 Å². The van der Waals surface area contributed by atoms with Crippen molar-refractivity contribution in [2.75, 3.05) is 5.32 Å². The summed E-state index contributed by atoms with van der Waals surface area (Å²) in [6.45, 7) is 1.89. The van der Waals surface area contributed by atoms with Crippen molar-refractivity contribution < 1.29 is 4.79 Å². The summed E-state index contributed by atoms with van der Waals surface area (Å²) < 4.78 is 0. The van der Waals surface area contributed by atoms with Crippen molar-refractivity contribution in [3.63, 3.8) is 0 Å². The molecule has 2 aromatic carbocycles. The molecule has 1 aromatic heterocycles. The number of nitrogens with two attached hydrogens (primary N) is 1. The summed E-state index contributed by atoms with van der Waals surface area (Å²) in [4.78, 5) is 19.7. The summed E-state index contributed by atoms with van der Waals surface area (Å²) in [6.07, 6.45) is 0. The Morgan fingerprint density at radius 3 is 2.76 bits per heavy atom. The smallest absolute Gasteiger partial charge is 0.245 e. The zero-order valence-corrected chi connectivity index (χ0v) is 11.6. The van der Waals surface area contributed by atoms with Crippen molar-refractivity contribution in [3.05, 3.63) is 59.9 Å². The van der Waals surface area contributed by atoms with E-state index in [1.165, 1.54) is 0 Å². The Hall–Kier alpha value is -2.66. The monoisotopic (exact) mass is 280 g/mol. The molecule has 106 valence electrons. The number of fused-ring (bicyclic) bond motifs is 1. The number of amides is 1. The lowest BCUT2D eigenvalue weighted by atomic mass is 10.1. The second-order valence-corrected chi connectivity index (χ2v) is 4.93. The van der Waals surface area contributed by atoms with Crippen LogP contribution in [-0.2, 0) is 4.79 Å². The van der Waals surface area contributed by atoms with Crippen LogP contribution in [0.5, 0.6) is 0 Å². The number of hydrogen-bond donors (Lipinski definition) is 3. The molecule has 21 heavy (non-hydrogen) atoms. The average molecular weight is 280 g/mol. The number of carbonyl (C=O) groups is 1. The molecule has 0 fully saturated rings. The minimum atomic E-state index is -0.689. The molecule has 0 spiro atoms. The molecular weight excluding hydrogens is 264 g/mol. The largest absolute Gasteiger partial charge is 0.342 e. The first-order chi connectivity index (χ1) is 10.1. The average Bonchev–Trinajstić information content (AvgIpc) is 2.86. The fourth-order valence-electron chi connectivity index (χ4n) is 2.25. The Kier molecular flexibility index (Phi) is 3.41. The normalized spacial score (nSPS) is 12.3. The van der Waals surface area contributed by atoms with Crippen LogP contribution in [0.15, 0.2) is 48.5 Å². The Labute approximate surface area is 122 Å². The van der Waals surface area contributed by atoms with Crippen LogP contribution in [0.3, 0.4) is 0 Å². The van der Waals surface area contributed by atoms with Crippen LogP contribution < -0.4 is 11.1 Å². The third-order valence-electron chi connectivity index (χ3n) is 3.31. The minimum Gasteiger partial charge on any atom is -0.342 e. The lowest BCUT2D eigenvalue weighted by Gasteiger charge is -2.12. The van der Waals surface area contributed by atoms with E-state index in [0.717, 1.165) is 22.4 Å². The van der Waals surface area contributed by atoms with Crippen molar-refractivity contribution in [1.29, 1.82) is 0 Å². The van der Waals surface area contributed by atoms with Gasteiger partial charge in [-0.3, -0.25) is 4.79 Å². The highest BCUT2D eigenvalue weighted by Gasteiger charge is 2.15. The van der Waals surface area contributed by atoms with Gasteiger partial charge in [0, 0.05) is 5.69 Å². The summed E-state index contributed by atoms with van der Waals surface area (Å²) in [5.41, 5.74) is 9.21. The lowest BCUT2D eigenvalue weighted by molar-refractivity contribution is -0.117. The van der Waals surface area contributed by atoms with E-state index >= 15 is 0 Å². The highest BCUT2D eigenvalue weighted by atomic mass is 16.2. The van der Waals surface area contributed by atoms with Gasteiger partial charge in [0.05, 0.1) is 11.0 Å². The van der Waals surface area contributed by atoms with Gasteiger partial charge >= 0.3 is 0 Å². The number of hydrogen-bond acceptors (Lipinski definition) is 3. The van der Waals surface area contributed by atoms with E-state index in [-0.39, 0.29) is 5.91 Å². The maximum Gasteiger partial charge on any atom is 0.245 e. The first kappa shape index (κ1) is 13.3. The molecule has 1 unspecified atom stereocenters. The van der Waals surface area contributed by atoms with Crippen molar-refractivity contribution in [2.45, 2.75) is 13.0 Å². The van der Waals surface area contributed by atoms with E-state index in [9.17, 15) is 4.79 Å². The van der Waals surface area contributed by atoms with Gasteiger partial charge in [0.25, 0.3) is 0 Å². The molecule has 3 aromatic rings. The Morgan fingerprint density at radius 2 is 2.00 bits per heavy atom. The van der Waals surface area contributed by atoms with Gasteiger partial charge in [0.1, 0.15) is 11.9 Å². The van der Waals surface area contributed by atoms with Crippen LogP contribution in [0, 0.1) is 6.92 Å². The van der Waals surface area contributed by atoms with Gasteiger partial charge in [0.2, 0.25) is 5.91 Å². The summed E-state index contributed by atoms with van der Waals surface area (Å²) in [6, 6.07) is 14.1. The van der Waals surface area contributed by atoms with Crippen LogP contribution in [-0.4, -0.2) is 15.9 Å². The Morgan fingerprint density at radius 1 is 1.24 bits per heavy atom. The SMILES string of the molecule is Cc1nc2ccc(NC(=O)C(N)c3ccccc3)cc2[nH]1. The van der Waals surface area contributed by atoms with Gasteiger partial charge in [0.15, 0.2) is 0 Å². The van der Waals surface area contributed by atoms with E-state index in [0.29, 0.717) is 5.69 Å². The third kappa shape index (κ3) is 2.78. The molecule has 0 aliphatic heterocycles. The van der Waals surface area contributed by atoms with Gasteiger partial charge in [-0.1, -0.05) is 30.3 Å². The van der Waals surface area contributed by atoms with Crippen molar-refractivity contribution in [1.82, 2.24) is 9.97 Å². The summed E-state index contributed by atoms with van der Waals surface area (Å²) in [5.74, 6) is 0.603. The number of carbonyl (C=O) groups excluding carboxylic acids is 1. The molecule has 5 nitrogen and oxygen atoms in total. The number of nitrogens with one attached hydrogen (secondary N) is 2. The second-order valence-electron chi connectivity index (χ2n) is 4.93. The van der Waals surface area contributed by atoms with Gasteiger partial charge < -0.3 is 16.0 Å². The quantitative estimate of drug-likeness (QED) is 0.689. The van der Waals surface area contributed by atoms with Crippen molar-refractivity contribution in [3.8, 4) is 0 Å². The first-order valence-electron chi connectivity index (χ1n) is 6.71. The van der Waals surface area contributed by atoms with E-state index < -0.39 is 6.04 Å². The van der Waals surface area contributed by atoms with E-state index in [2.05, 4.69) is 15.3 Å². The molecule has 0 aliphatic carbocycles. The number of anilines is 1. The highest BCUT2D eigenvalue weighted by Crippen LogP contribution is 2.19. The third-order valence-corrected chi connectivity index (χ3v) is 3.31. The number of aromatic amines is 1. The van der Waals surface area contributed by atoms with E-state index in [1.807, 2.05) is 55.5 Å². The molecule has 1 atom stereocenters. The molecule has 3 rings (SSSR count). The maximum absolute atomic E-state index is 12.2. The number of H-pyrrole nitrogens is 1. The standard InChI is InChI=1S/C16H16N4O/c1-10-18-13-8-7-12(9-14(13)19-10)20-16(21)15(17)11-5-3-2-4-6-11/h2-9,15H,17H2,1H3,(H,18,19)(H,20,21). The molecule has 0 saturated carbocycles. The summed E-state index contributed by atoms with van der Waals surface area (Å²) in [5, 5.41) is 2.83. The summed E-state index contributed by atoms with van der Waals surface area (Å²) >= 11 is 0. The predicted octanol–water partition coefficient (Wildman–Crippen LogP) is 2.51. The number of rotatable bonds is 3. The number of aryl methyl sites for hydroxylation is 1. The summed E-state index contributed by atoms with van der Waals surface area (Å²) in [7, 11) is 0. The number of aromatic nitrogens is 2. The second kappa shape index (κ2) is 5.38. The molecular formula is C16H16N4O. The van der Waals surface area contributed by atoms with Crippen LogP contribution in [0.1, 0.15) is 17.4 Å². The highest BCUT2D eigenvalue weighted by molar-refractivity contribution is 5.96. The van der Waals surface area contributed by atoms with Crippen molar-refractivity contribution >= 4 is 22.6 Å². The van der Waals surface area contributed by atoms with Crippen LogP contribution in [0.25, 0.3) is 11.0 Å². The van der Waals surface area contributed by atoms with E-state index in [4.69, 9.17) is 5.73 Å². The van der Waals surface area contributed by atoms with Crippen LogP contribution in [0.2, 0.25) is 0 Å². The first-order valence-corrected chi connectivity index (χ1v) is 6.71. The molecule has 1 heterocycles. The zero-order valence-electron chi connectivity index (χ0n) is 11.6. The van der Waals surface area contributed by atoms with E-state index in [1.54, 1.807) is 0 Å². The van der Waals surface area contributed by atoms with Crippen LogP contribution >= 0.6 is 0 Å². The molecule has 0 bridgehead atoms. The molecule has 0 saturated heterocycles. The zero-order chi connectivity index (χ0) is 14.8. The maximum atomic E-state index is 12.2. The number of nitrogens with zero attached hydrogens (tertiary/aromatic N) is 1. The fraction of sp³-hybridized carbons (Fsp3) is 0.125. The molecule has 0 aliphatic rings. The van der Waals surface area contributed by atoms with Gasteiger partial charge in [-0.2, -0.15) is 0 Å². The van der Waals surface area contributed by atoms with Gasteiger partial charge in [-0.15, -0.1) is 0 Å². The lowest BCUT2D eigenvalue weighted by Crippen LogP contribution is -2.27. The fourth-order valence-corrected chi connectivity index (χ4v) is 2.25. The Bertz CT molecular complexity index is 779. The minimum absolute atomic E-state index is 0.239. The molecule has 0 radical (unpaired) electrons. The molecule has 4 N–H and O–H groups in total. The predicted molar refractivity (Wildman–Crippen MR) is 82.8 cm³/mol. The molecule has 5 heteroatoms. The Balaban J connectivity index is 1.79. The van der Waals surface area contributed by atoms with Gasteiger partial charge in [-0.05, 0) is 30.7 Å². The van der Waals surface area contributed by atoms with Gasteiger partial charge in [-0.25, -0.2) is 4.98 Å². The molecule has 1 amide bonds. The van der Waals surface area contributed by atoms with Crippen molar-refractivity contribution in [2.24, 2.45) is 5.73 Å². The van der Waals surface area contributed by atoms with Crippen LogP contribution in [0.4, 0.5) is 5.69 Å². The number of imidazole rings is 1.